The van der Waals surface area contributed by atoms with Crippen molar-refractivity contribution in [3.8, 4) is 0 Å². The first-order chi connectivity index (χ1) is 8.22. The number of amides is 2. The summed E-state index contributed by atoms with van der Waals surface area (Å²) in [6.07, 6.45) is 1.68. The molecule has 4 atom stereocenters. The van der Waals surface area contributed by atoms with E-state index in [9.17, 15) is 9.59 Å². The fourth-order valence-corrected chi connectivity index (χ4v) is 1.89. The number of carbonyl (C=O) groups is 2. The van der Waals surface area contributed by atoms with Gasteiger partial charge in [0.2, 0.25) is 0 Å². The van der Waals surface area contributed by atoms with E-state index in [4.69, 9.17) is 14.6 Å². The van der Waals surface area contributed by atoms with Gasteiger partial charge in [-0.2, -0.15) is 0 Å². The van der Waals surface area contributed by atoms with Crippen molar-refractivity contribution in [2.45, 2.75) is 24.5 Å². The quantitative estimate of drug-likeness (QED) is 0.368. The van der Waals surface area contributed by atoms with Gasteiger partial charge in [-0.05, 0) is 6.08 Å². The summed E-state index contributed by atoms with van der Waals surface area (Å²) in [6, 6.07) is -0.402. The van der Waals surface area contributed by atoms with Crippen molar-refractivity contribution in [3.05, 3.63) is 12.3 Å². The van der Waals surface area contributed by atoms with Crippen LogP contribution in [0.3, 0.4) is 0 Å². The normalized spacial score (nSPS) is 34.5. The highest BCUT2D eigenvalue weighted by Gasteiger charge is 2.60. The third kappa shape index (κ3) is 2.17. The third-order valence-electron chi connectivity index (χ3n) is 2.75. The van der Waals surface area contributed by atoms with Crippen LogP contribution < -0.4 is 5.32 Å². The van der Waals surface area contributed by atoms with Crippen molar-refractivity contribution < 1.29 is 24.2 Å². The molecule has 7 nitrogen and oxygen atoms in total. The molecule has 2 saturated heterocycles. The average Bonchev–Trinajstić information content (AvgIpc) is 3.06. The lowest BCUT2D eigenvalue weighted by Crippen LogP contribution is -2.44. The van der Waals surface area contributed by atoms with Crippen molar-refractivity contribution in [2.24, 2.45) is 0 Å². The van der Waals surface area contributed by atoms with Gasteiger partial charge >= 0.3 is 6.03 Å². The van der Waals surface area contributed by atoms with Crippen LogP contribution in [0.4, 0.5) is 4.79 Å². The van der Waals surface area contributed by atoms with Crippen molar-refractivity contribution in [3.63, 3.8) is 0 Å². The molecule has 7 heteroatoms. The van der Waals surface area contributed by atoms with Gasteiger partial charge in [0, 0.05) is 13.2 Å². The van der Waals surface area contributed by atoms with E-state index in [0.717, 1.165) is 0 Å². The van der Waals surface area contributed by atoms with Crippen LogP contribution in [0.2, 0.25) is 0 Å². The lowest BCUT2D eigenvalue weighted by molar-refractivity contribution is -0.104. The number of aliphatic hydroxyl groups excluding tert-OH is 1. The van der Waals surface area contributed by atoms with Crippen LogP contribution in [-0.2, 0) is 14.3 Å². The zero-order valence-corrected chi connectivity index (χ0v) is 9.28. The van der Waals surface area contributed by atoms with E-state index in [-0.39, 0.29) is 18.8 Å². The highest BCUT2D eigenvalue weighted by Crippen LogP contribution is 2.40. The molecule has 0 radical (unpaired) electrons. The second kappa shape index (κ2) is 4.82. The molecule has 2 N–H and O–H groups in total. The molecule has 0 aromatic carbocycles. The van der Waals surface area contributed by atoms with E-state index in [0.29, 0.717) is 6.29 Å². The molecule has 0 aromatic rings. The maximum absolute atomic E-state index is 11.6. The largest absolute Gasteiger partial charge is 0.394 e. The van der Waals surface area contributed by atoms with E-state index in [1.54, 1.807) is 0 Å². The van der Waals surface area contributed by atoms with Gasteiger partial charge in [0.25, 0.3) is 0 Å². The fraction of sp³-hybridized carbons (Fsp3) is 0.600. The Kier molecular flexibility index (Phi) is 3.41. The first-order valence-electron chi connectivity index (χ1n) is 5.26. The van der Waals surface area contributed by atoms with Crippen LogP contribution in [0.5, 0.6) is 0 Å². The van der Waals surface area contributed by atoms with Crippen LogP contribution in [-0.4, -0.2) is 60.5 Å². The van der Waals surface area contributed by atoms with Crippen LogP contribution in [0, 0.1) is 0 Å². The van der Waals surface area contributed by atoms with E-state index in [1.165, 1.54) is 24.2 Å². The molecule has 0 saturated carbocycles. The molecule has 0 aromatic heterocycles. The number of ether oxygens (including phenoxy) is 2. The highest BCUT2D eigenvalue weighted by atomic mass is 16.7. The van der Waals surface area contributed by atoms with Gasteiger partial charge in [0.1, 0.15) is 24.6 Å². The second-order valence-corrected chi connectivity index (χ2v) is 3.75. The van der Waals surface area contributed by atoms with Crippen molar-refractivity contribution >= 4 is 12.3 Å². The number of rotatable bonds is 4. The minimum absolute atomic E-state index is 0.156. The monoisotopic (exact) mass is 242 g/mol. The van der Waals surface area contributed by atoms with Gasteiger partial charge in [-0.3, -0.25) is 9.69 Å². The van der Waals surface area contributed by atoms with E-state index in [2.05, 4.69) is 5.32 Å². The van der Waals surface area contributed by atoms with Crippen LogP contribution in [0.1, 0.15) is 0 Å². The molecule has 0 spiro atoms. The van der Waals surface area contributed by atoms with Crippen LogP contribution in [0.25, 0.3) is 0 Å². The van der Waals surface area contributed by atoms with Gasteiger partial charge < -0.3 is 19.9 Å². The second-order valence-electron chi connectivity index (χ2n) is 3.75. The Morgan fingerprint density at radius 1 is 1.47 bits per heavy atom. The summed E-state index contributed by atoms with van der Waals surface area (Å²) in [5, 5.41) is 11.5. The molecule has 2 amide bonds. The van der Waals surface area contributed by atoms with Crippen LogP contribution in [0.15, 0.2) is 12.3 Å². The summed E-state index contributed by atoms with van der Waals surface area (Å²) in [4.78, 5) is 23.1. The standard InChI is InChI=1S/C10H14N2O5/c1-11-10(15)12(3-2-4-13)9-8-7(17-8)6(5-14)16-9/h2-4,6-9,14H,5H2,1H3,(H,11,15)/b3-2-. The maximum atomic E-state index is 11.6. The fourth-order valence-electron chi connectivity index (χ4n) is 1.89. The molecule has 2 rings (SSSR count). The molecule has 2 fully saturated rings. The van der Waals surface area contributed by atoms with Gasteiger partial charge in [-0.1, -0.05) is 0 Å². The Morgan fingerprint density at radius 3 is 2.76 bits per heavy atom. The number of allylic oxidation sites excluding steroid dienone is 1. The third-order valence-corrected chi connectivity index (χ3v) is 2.75. The lowest BCUT2D eigenvalue weighted by Gasteiger charge is -2.26. The minimum Gasteiger partial charge on any atom is -0.394 e. The molecular formula is C10H14N2O5. The number of nitrogens with zero attached hydrogens (tertiary/aromatic N) is 1. The number of fused-ring (bicyclic) bond motifs is 1. The maximum Gasteiger partial charge on any atom is 0.323 e. The van der Waals surface area contributed by atoms with E-state index >= 15 is 0 Å². The Labute approximate surface area is 98.0 Å². The van der Waals surface area contributed by atoms with Gasteiger partial charge in [0.15, 0.2) is 6.23 Å². The molecule has 17 heavy (non-hydrogen) atoms. The Morgan fingerprint density at radius 2 is 2.24 bits per heavy atom. The zero-order chi connectivity index (χ0) is 12.4. The van der Waals surface area contributed by atoms with Gasteiger partial charge in [0.05, 0.1) is 6.61 Å². The topological polar surface area (TPSA) is 91.4 Å². The number of aliphatic hydroxyl groups is 1. The van der Waals surface area contributed by atoms with Crippen molar-refractivity contribution in [1.29, 1.82) is 0 Å². The Bertz CT molecular complexity index is 346. The molecule has 2 heterocycles. The Hall–Kier alpha value is -1.44. The molecule has 0 bridgehead atoms. The number of hydrogen-bond donors (Lipinski definition) is 2. The summed E-state index contributed by atoms with van der Waals surface area (Å²) < 4.78 is 10.8. The summed E-state index contributed by atoms with van der Waals surface area (Å²) in [7, 11) is 1.48. The summed E-state index contributed by atoms with van der Waals surface area (Å²) in [5.41, 5.74) is 0. The molecule has 0 aliphatic carbocycles. The molecule has 94 valence electrons. The van der Waals surface area contributed by atoms with E-state index in [1.807, 2.05) is 0 Å². The van der Waals surface area contributed by atoms with Crippen molar-refractivity contribution in [1.82, 2.24) is 10.2 Å². The number of epoxide rings is 1. The Balaban J connectivity index is 2.09. The first-order valence-corrected chi connectivity index (χ1v) is 5.26. The summed E-state index contributed by atoms with van der Waals surface area (Å²) in [5.74, 6) is 0. The summed E-state index contributed by atoms with van der Waals surface area (Å²) >= 11 is 0. The number of carbonyl (C=O) groups excluding carboxylic acids is 2. The number of nitrogens with one attached hydrogen (secondary N) is 1. The number of hydrogen-bond acceptors (Lipinski definition) is 5. The number of aldehydes is 1. The van der Waals surface area contributed by atoms with Gasteiger partial charge in [-0.25, -0.2) is 4.79 Å². The highest BCUT2D eigenvalue weighted by molar-refractivity contribution is 5.76. The summed E-state index contributed by atoms with van der Waals surface area (Å²) in [6.45, 7) is -0.156. The minimum atomic E-state index is -0.603. The van der Waals surface area contributed by atoms with E-state index < -0.39 is 18.4 Å². The van der Waals surface area contributed by atoms with Crippen molar-refractivity contribution in [2.75, 3.05) is 13.7 Å². The average molecular weight is 242 g/mol. The smallest absolute Gasteiger partial charge is 0.323 e. The molecular weight excluding hydrogens is 228 g/mol. The van der Waals surface area contributed by atoms with Crippen LogP contribution >= 0.6 is 0 Å². The lowest BCUT2D eigenvalue weighted by atomic mass is 10.2. The first kappa shape index (κ1) is 12.0. The zero-order valence-electron chi connectivity index (χ0n) is 9.28. The molecule has 2 aliphatic rings. The predicted molar refractivity (Wildman–Crippen MR) is 55.9 cm³/mol. The predicted octanol–water partition coefficient (Wildman–Crippen LogP) is -1.17. The SMILES string of the molecule is CNC(=O)N(/C=C\C=O)C1OC(CO)C2OC21. The molecule has 4 unspecified atom stereocenters. The number of urea groups is 1. The van der Waals surface area contributed by atoms with Gasteiger partial charge in [-0.15, -0.1) is 0 Å². The molecule has 2 aliphatic heterocycles.